The predicted molar refractivity (Wildman–Crippen MR) is 61.2 cm³/mol. The smallest absolute Gasteiger partial charge is 0.226 e. The summed E-state index contributed by atoms with van der Waals surface area (Å²) in [5.74, 6) is 0.587. The zero-order valence-corrected chi connectivity index (χ0v) is 9.46. The van der Waals surface area contributed by atoms with Gasteiger partial charge in [-0.1, -0.05) is 0 Å². The van der Waals surface area contributed by atoms with E-state index in [-0.39, 0.29) is 5.91 Å². The Morgan fingerprint density at radius 2 is 2.43 bits per heavy atom. The van der Waals surface area contributed by atoms with Gasteiger partial charge in [-0.05, 0) is 25.0 Å². The van der Waals surface area contributed by atoms with E-state index in [0.29, 0.717) is 12.2 Å². The van der Waals surface area contributed by atoms with E-state index in [4.69, 9.17) is 0 Å². The second kappa shape index (κ2) is 4.31. The minimum atomic E-state index is 0.00687. The van der Waals surface area contributed by atoms with Gasteiger partial charge in [0.1, 0.15) is 0 Å². The normalized spacial score (nSPS) is 14.1. The summed E-state index contributed by atoms with van der Waals surface area (Å²) in [7, 11) is 0. The highest BCUT2D eigenvalue weighted by atomic mass is 32.1. The first-order valence-electron chi connectivity index (χ1n) is 4.69. The van der Waals surface area contributed by atoms with Gasteiger partial charge < -0.3 is 5.32 Å². The van der Waals surface area contributed by atoms with E-state index in [1.807, 2.05) is 0 Å². The van der Waals surface area contributed by atoms with E-state index in [1.54, 1.807) is 11.3 Å². The molecule has 2 rings (SSSR count). The molecule has 0 aliphatic heterocycles. The van der Waals surface area contributed by atoms with Crippen LogP contribution in [0.2, 0.25) is 0 Å². The lowest BCUT2D eigenvalue weighted by Crippen LogP contribution is -2.11. The Bertz CT molecular complexity index is 327. The Kier molecular flexibility index (Phi) is 3.08. The first-order chi connectivity index (χ1) is 6.79. The minimum absolute atomic E-state index is 0.00687. The van der Waals surface area contributed by atoms with E-state index in [9.17, 15) is 4.79 Å². The Labute approximate surface area is 92.3 Å². The molecule has 1 aromatic heterocycles. The van der Waals surface area contributed by atoms with Crippen molar-refractivity contribution in [2.45, 2.75) is 25.7 Å². The fraction of sp³-hybridized carbons (Fsp3) is 0.556. The summed E-state index contributed by atoms with van der Waals surface area (Å²) in [5, 5.41) is 3.54. The standard InChI is InChI=1S/C9H12N2OS2/c12-8(4-5-13)11-9-10-6-2-1-3-7(6)14-9/h13H,1-5H2,(H,10,11,12). The lowest BCUT2D eigenvalue weighted by atomic mass is 10.4. The predicted octanol–water partition coefficient (Wildman–Crippen LogP) is 1.89. The summed E-state index contributed by atoms with van der Waals surface area (Å²) in [4.78, 5) is 17.0. The monoisotopic (exact) mass is 228 g/mol. The molecule has 0 saturated carbocycles. The fourth-order valence-electron chi connectivity index (χ4n) is 1.53. The van der Waals surface area contributed by atoms with E-state index in [1.165, 1.54) is 17.0 Å². The number of rotatable bonds is 3. The van der Waals surface area contributed by atoms with Crippen LogP contribution in [0.15, 0.2) is 0 Å². The van der Waals surface area contributed by atoms with Crippen LogP contribution in [0.25, 0.3) is 0 Å². The van der Waals surface area contributed by atoms with Crippen LogP contribution in [-0.2, 0) is 17.6 Å². The van der Waals surface area contributed by atoms with Gasteiger partial charge in [0.05, 0.1) is 5.69 Å². The van der Waals surface area contributed by atoms with Gasteiger partial charge in [-0.3, -0.25) is 4.79 Å². The average Bonchev–Trinajstić information content (AvgIpc) is 2.63. The zero-order chi connectivity index (χ0) is 9.97. The number of anilines is 1. The van der Waals surface area contributed by atoms with E-state index >= 15 is 0 Å². The van der Waals surface area contributed by atoms with Crippen molar-refractivity contribution in [2.24, 2.45) is 0 Å². The number of carbonyl (C=O) groups is 1. The molecule has 1 amide bonds. The van der Waals surface area contributed by atoms with Crippen LogP contribution in [0, 0.1) is 0 Å². The third-order valence-electron chi connectivity index (χ3n) is 2.18. The molecule has 0 radical (unpaired) electrons. The highest BCUT2D eigenvalue weighted by molar-refractivity contribution is 7.80. The van der Waals surface area contributed by atoms with Crippen LogP contribution in [0.4, 0.5) is 5.13 Å². The summed E-state index contributed by atoms with van der Waals surface area (Å²) in [5.41, 5.74) is 1.18. The molecule has 1 aliphatic rings. The average molecular weight is 228 g/mol. The minimum Gasteiger partial charge on any atom is -0.302 e. The number of aryl methyl sites for hydroxylation is 2. The number of thiazole rings is 1. The Hall–Kier alpha value is -0.550. The molecule has 76 valence electrons. The Morgan fingerprint density at radius 3 is 3.14 bits per heavy atom. The van der Waals surface area contributed by atoms with Crippen molar-refractivity contribution >= 4 is 35.0 Å². The summed E-state index contributed by atoms with van der Waals surface area (Å²) in [6.45, 7) is 0. The van der Waals surface area contributed by atoms with Gasteiger partial charge in [0.2, 0.25) is 5.91 Å². The first-order valence-corrected chi connectivity index (χ1v) is 6.14. The summed E-state index contributed by atoms with van der Waals surface area (Å²) in [6, 6.07) is 0. The van der Waals surface area contributed by atoms with E-state index < -0.39 is 0 Å². The van der Waals surface area contributed by atoms with Gasteiger partial charge in [-0.15, -0.1) is 11.3 Å². The molecule has 1 heterocycles. The third-order valence-corrected chi connectivity index (χ3v) is 3.48. The van der Waals surface area contributed by atoms with Gasteiger partial charge >= 0.3 is 0 Å². The van der Waals surface area contributed by atoms with Gasteiger partial charge in [0.15, 0.2) is 5.13 Å². The second-order valence-corrected chi connectivity index (χ2v) is 4.80. The van der Waals surface area contributed by atoms with Gasteiger partial charge in [-0.25, -0.2) is 4.98 Å². The van der Waals surface area contributed by atoms with Crippen LogP contribution < -0.4 is 5.32 Å². The number of hydrogen-bond donors (Lipinski definition) is 2. The number of carbonyl (C=O) groups excluding carboxylic acids is 1. The first kappa shape index (κ1) is 9.98. The van der Waals surface area contributed by atoms with Crippen LogP contribution in [0.5, 0.6) is 0 Å². The largest absolute Gasteiger partial charge is 0.302 e. The molecule has 0 spiro atoms. The van der Waals surface area contributed by atoms with Crippen molar-refractivity contribution in [2.75, 3.05) is 11.1 Å². The van der Waals surface area contributed by atoms with Crippen molar-refractivity contribution in [1.82, 2.24) is 4.98 Å². The Balaban J connectivity index is 2.00. The molecule has 0 bridgehead atoms. The molecule has 0 fully saturated rings. The number of fused-ring (bicyclic) bond motifs is 1. The molecular weight excluding hydrogens is 216 g/mol. The van der Waals surface area contributed by atoms with Crippen LogP contribution >= 0.6 is 24.0 Å². The second-order valence-electron chi connectivity index (χ2n) is 3.26. The van der Waals surface area contributed by atoms with Gasteiger partial charge in [0, 0.05) is 11.3 Å². The molecule has 1 aromatic rings. The number of thiol groups is 1. The molecule has 0 saturated heterocycles. The number of hydrogen-bond acceptors (Lipinski definition) is 4. The molecular formula is C9H12N2OS2. The van der Waals surface area contributed by atoms with E-state index in [0.717, 1.165) is 18.0 Å². The zero-order valence-electron chi connectivity index (χ0n) is 7.75. The summed E-state index contributed by atoms with van der Waals surface area (Å²) < 4.78 is 0. The number of nitrogens with one attached hydrogen (secondary N) is 1. The van der Waals surface area contributed by atoms with Crippen LogP contribution in [0.3, 0.4) is 0 Å². The van der Waals surface area contributed by atoms with Gasteiger partial charge in [-0.2, -0.15) is 12.6 Å². The summed E-state index contributed by atoms with van der Waals surface area (Å²) in [6.07, 6.45) is 3.84. The molecule has 1 N–H and O–H groups in total. The van der Waals surface area contributed by atoms with Gasteiger partial charge in [0.25, 0.3) is 0 Å². The number of amides is 1. The lowest BCUT2D eigenvalue weighted by molar-refractivity contribution is -0.115. The molecule has 1 aliphatic carbocycles. The maximum Gasteiger partial charge on any atom is 0.226 e. The topological polar surface area (TPSA) is 42.0 Å². The molecule has 5 heteroatoms. The van der Waals surface area contributed by atoms with Crippen molar-refractivity contribution < 1.29 is 4.79 Å². The third kappa shape index (κ3) is 2.09. The van der Waals surface area contributed by atoms with Crippen molar-refractivity contribution in [3.8, 4) is 0 Å². The summed E-state index contributed by atoms with van der Waals surface area (Å²) >= 11 is 5.61. The fourth-order valence-corrected chi connectivity index (χ4v) is 2.80. The maximum atomic E-state index is 11.2. The highest BCUT2D eigenvalue weighted by Crippen LogP contribution is 2.30. The molecule has 0 aromatic carbocycles. The van der Waals surface area contributed by atoms with Crippen LogP contribution in [-0.4, -0.2) is 16.6 Å². The number of aromatic nitrogens is 1. The Morgan fingerprint density at radius 1 is 1.57 bits per heavy atom. The lowest BCUT2D eigenvalue weighted by Gasteiger charge is -1.98. The molecule has 0 atom stereocenters. The molecule has 14 heavy (non-hydrogen) atoms. The molecule has 0 unspecified atom stereocenters. The molecule has 3 nitrogen and oxygen atoms in total. The maximum absolute atomic E-state index is 11.2. The quantitative estimate of drug-likeness (QED) is 0.776. The SMILES string of the molecule is O=C(CCS)Nc1nc2c(s1)CCC2. The van der Waals surface area contributed by atoms with E-state index in [2.05, 4.69) is 22.9 Å². The van der Waals surface area contributed by atoms with Crippen molar-refractivity contribution in [3.63, 3.8) is 0 Å². The number of nitrogens with zero attached hydrogens (tertiary/aromatic N) is 1. The highest BCUT2D eigenvalue weighted by Gasteiger charge is 2.17. The van der Waals surface area contributed by atoms with Crippen molar-refractivity contribution in [1.29, 1.82) is 0 Å². The van der Waals surface area contributed by atoms with Crippen LogP contribution in [0.1, 0.15) is 23.4 Å². The van der Waals surface area contributed by atoms with Crippen molar-refractivity contribution in [3.05, 3.63) is 10.6 Å².